The molecular formula is C14H20BrN3O. The van der Waals surface area contributed by atoms with E-state index in [2.05, 4.69) is 26.9 Å². The van der Waals surface area contributed by atoms with Gasteiger partial charge in [0.2, 0.25) is 5.91 Å². The molecule has 2 rings (SSSR count). The van der Waals surface area contributed by atoms with E-state index in [1.807, 2.05) is 33.0 Å². The van der Waals surface area contributed by atoms with Crippen molar-refractivity contribution in [2.24, 2.45) is 5.73 Å². The highest BCUT2D eigenvalue weighted by Gasteiger charge is 2.40. The molecule has 0 aromatic heterocycles. The van der Waals surface area contributed by atoms with Crippen LogP contribution in [0, 0.1) is 0 Å². The van der Waals surface area contributed by atoms with Gasteiger partial charge in [0.1, 0.15) is 5.54 Å². The van der Waals surface area contributed by atoms with Crippen LogP contribution in [0.1, 0.15) is 19.4 Å². The number of hydrogen-bond acceptors (Lipinski definition) is 3. The molecule has 1 saturated heterocycles. The lowest BCUT2D eigenvalue weighted by Crippen LogP contribution is -2.62. The topological polar surface area (TPSA) is 49.6 Å². The molecule has 0 aliphatic carbocycles. The average Bonchev–Trinajstić information content (AvgIpc) is 2.35. The molecule has 0 spiro atoms. The largest absolute Gasteiger partial charge is 0.356 e. The predicted octanol–water partition coefficient (Wildman–Crippen LogP) is 1.96. The fraction of sp³-hybridized carbons (Fsp3) is 0.500. The van der Waals surface area contributed by atoms with Crippen LogP contribution in [0.3, 0.4) is 0 Å². The number of carbonyl (C=O) groups is 1. The Morgan fingerprint density at radius 3 is 2.63 bits per heavy atom. The summed E-state index contributed by atoms with van der Waals surface area (Å²) in [5, 5.41) is 0. The van der Waals surface area contributed by atoms with Gasteiger partial charge in [-0.1, -0.05) is 15.9 Å². The van der Waals surface area contributed by atoms with Gasteiger partial charge in [-0.3, -0.25) is 4.79 Å². The first-order valence-electron chi connectivity index (χ1n) is 6.39. The SMILES string of the molecule is CN1CCN(c2cc(Br)cc(CN)c2)C(C)(C)C1=O. The number of halogens is 1. The first-order chi connectivity index (χ1) is 8.86. The van der Waals surface area contributed by atoms with Crippen LogP contribution in [0.15, 0.2) is 22.7 Å². The Labute approximate surface area is 122 Å². The van der Waals surface area contributed by atoms with Crippen molar-refractivity contribution in [3.8, 4) is 0 Å². The summed E-state index contributed by atoms with van der Waals surface area (Å²) < 4.78 is 0.993. The summed E-state index contributed by atoms with van der Waals surface area (Å²) in [7, 11) is 1.85. The number of likely N-dealkylation sites (N-methyl/N-ethyl adjacent to an activating group) is 1. The van der Waals surface area contributed by atoms with Gasteiger partial charge >= 0.3 is 0 Å². The lowest BCUT2D eigenvalue weighted by Gasteiger charge is -2.46. The van der Waals surface area contributed by atoms with Gasteiger partial charge in [-0.25, -0.2) is 0 Å². The van der Waals surface area contributed by atoms with Gasteiger partial charge in [0.05, 0.1) is 0 Å². The Morgan fingerprint density at radius 1 is 1.32 bits per heavy atom. The molecule has 1 fully saturated rings. The molecule has 2 N–H and O–H groups in total. The van der Waals surface area contributed by atoms with Crippen molar-refractivity contribution >= 4 is 27.5 Å². The van der Waals surface area contributed by atoms with E-state index < -0.39 is 5.54 Å². The molecule has 0 unspecified atom stereocenters. The number of hydrogen-bond donors (Lipinski definition) is 1. The van der Waals surface area contributed by atoms with Crippen LogP contribution in [0.4, 0.5) is 5.69 Å². The second-order valence-corrected chi connectivity index (χ2v) is 6.37. The van der Waals surface area contributed by atoms with E-state index in [0.717, 1.165) is 28.8 Å². The summed E-state index contributed by atoms with van der Waals surface area (Å²) in [6.07, 6.45) is 0. The van der Waals surface area contributed by atoms with Gasteiger partial charge in [-0.2, -0.15) is 0 Å². The molecule has 1 aromatic rings. The molecule has 0 radical (unpaired) electrons. The second kappa shape index (κ2) is 5.13. The second-order valence-electron chi connectivity index (χ2n) is 5.46. The Morgan fingerprint density at radius 2 is 2.00 bits per heavy atom. The number of carbonyl (C=O) groups excluding carboxylic acids is 1. The van der Waals surface area contributed by atoms with Crippen molar-refractivity contribution < 1.29 is 4.79 Å². The lowest BCUT2D eigenvalue weighted by atomic mass is 9.96. The highest BCUT2D eigenvalue weighted by Crippen LogP contribution is 2.31. The Bertz CT molecular complexity index is 501. The van der Waals surface area contributed by atoms with Gasteiger partial charge in [0.25, 0.3) is 0 Å². The number of nitrogens with zero attached hydrogens (tertiary/aromatic N) is 2. The van der Waals surface area contributed by atoms with E-state index in [1.165, 1.54) is 0 Å². The third kappa shape index (κ3) is 2.62. The first kappa shape index (κ1) is 14.3. The number of benzene rings is 1. The van der Waals surface area contributed by atoms with Crippen LogP contribution in [0.25, 0.3) is 0 Å². The molecule has 1 aromatic carbocycles. The van der Waals surface area contributed by atoms with E-state index in [-0.39, 0.29) is 5.91 Å². The molecule has 0 bridgehead atoms. The summed E-state index contributed by atoms with van der Waals surface area (Å²) in [4.78, 5) is 16.3. The van der Waals surface area contributed by atoms with Crippen molar-refractivity contribution in [3.05, 3.63) is 28.2 Å². The smallest absolute Gasteiger partial charge is 0.247 e. The molecule has 1 amide bonds. The van der Waals surface area contributed by atoms with Crippen LogP contribution < -0.4 is 10.6 Å². The van der Waals surface area contributed by atoms with Crippen molar-refractivity contribution in [2.75, 3.05) is 25.0 Å². The van der Waals surface area contributed by atoms with Gasteiger partial charge in [-0.15, -0.1) is 0 Å². The molecule has 1 aliphatic rings. The van der Waals surface area contributed by atoms with E-state index >= 15 is 0 Å². The number of anilines is 1. The van der Waals surface area contributed by atoms with Crippen molar-refractivity contribution in [3.63, 3.8) is 0 Å². The molecule has 19 heavy (non-hydrogen) atoms. The quantitative estimate of drug-likeness (QED) is 0.904. The molecule has 0 saturated carbocycles. The van der Waals surface area contributed by atoms with E-state index in [9.17, 15) is 4.79 Å². The summed E-state index contributed by atoms with van der Waals surface area (Å²) >= 11 is 3.51. The van der Waals surface area contributed by atoms with Crippen molar-refractivity contribution in [1.29, 1.82) is 0 Å². The Hall–Kier alpha value is -1.07. The normalized spacial score (nSPS) is 18.9. The maximum atomic E-state index is 12.3. The number of nitrogens with two attached hydrogens (primary N) is 1. The highest BCUT2D eigenvalue weighted by molar-refractivity contribution is 9.10. The minimum absolute atomic E-state index is 0.146. The highest BCUT2D eigenvalue weighted by atomic mass is 79.9. The minimum atomic E-state index is -0.528. The monoisotopic (exact) mass is 325 g/mol. The zero-order valence-corrected chi connectivity index (χ0v) is 13.2. The van der Waals surface area contributed by atoms with Gasteiger partial charge in [0.15, 0.2) is 0 Å². The van der Waals surface area contributed by atoms with Crippen LogP contribution in [-0.2, 0) is 11.3 Å². The van der Waals surface area contributed by atoms with Crippen LogP contribution in [0.2, 0.25) is 0 Å². The molecule has 5 heteroatoms. The summed E-state index contributed by atoms with van der Waals surface area (Å²) in [6, 6.07) is 6.11. The summed E-state index contributed by atoms with van der Waals surface area (Å²) in [5.41, 5.74) is 7.30. The van der Waals surface area contributed by atoms with Crippen LogP contribution in [0.5, 0.6) is 0 Å². The standard InChI is InChI=1S/C14H20BrN3O/c1-14(2)13(19)17(3)4-5-18(14)12-7-10(9-16)6-11(15)8-12/h6-8H,4-5,9,16H2,1-3H3. The molecule has 1 heterocycles. The molecule has 104 valence electrons. The van der Waals surface area contributed by atoms with E-state index in [4.69, 9.17) is 5.73 Å². The van der Waals surface area contributed by atoms with Crippen LogP contribution in [-0.4, -0.2) is 36.5 Å². The molecular weight excluding hydrogens is 306 g/mol. The zero-order valence-electron chi connectivity index (χ0n) is 11.6. The van der Waals surface area contributed by atoms with E-state index in [0.29, 0.717) is 6.54 Å². The summed E-state index contributed by atoms with van der Waals surface area (Å²) in [6.45, 7) is 6.00. The van der Waals surface area contributed by atoms with Crippen molar-refractivity contribution in [2.45, 2.75) is 25.9 Å². The number of piperazine rings is 1. The fourth-order valence-electron chi connectivity index (χ4n) is 2.57. The Kier molecular flexibility index (Phi) is 3.87. The van der Waals surface area contributed by atoms with Crippen LogP contribution >= 0.6 is 15.9 Å². The predicted molar refractivity (Wildman–Crippen MR) is 81.1 cm³/mol. The van der Waals surface area contributed by atoms with E-state index in [1.54, 1.807) is 4.90 Å². The minimum Gasteiger partial charge on any atom is -0.356 e. The third-order valence-electron chi connectivity index (χ3n) is 3.69. The van der Waals surface area contributed by atoms with Crippen molar-refractivity contribution in [1.82, 2.24) is 4.90 Å². The fourth-order valence-corrected chi connectivity index (χ4v) is 3.10. The number of rotatable bonds is 2. The number of amides is 1. The molecule has 4 nitrogen and oxygen atoms in total. The van der Waals surface area contributed by atoms with Gasteiger partial charge in [-0.05, 0) is 37.6 Å². The maximum Gasteiger partial charge on any atom is 0.247 e. The molecule has 0 atom stereocenters. The molecule has 1 aliphatic heterocycles. The van der Waals surface area contributed by atoms with Gasteiger partial charge in [0, 0.05) is 36.8 Å². The Balaban J connectivity index is 2.41. The van der Waals surface area contributed by atoms with Gasteiger partial charge < -0.3 is 15.5 Å². The first-order valence-corrected chi connectivity index (χ1v) is 7.18. The lowest BCUT2D eigenvalue weighted by molar-refractivity contribution is -0.136. The zero-order chi connectivity index (χ0) is 14.2. The summed E-state index contributed by atoms with van der Waals surface area (Å²) in [5.74, 6) is 0.146. The maximum absolute atomic E-state index is 12.3. The average molecular weight is 326 g/mol. The third-order valence-corrected chi connectivity index (χ3v) is 4.15.